The van der Waals surface area contributed by atoms with Gasteiger partial charge in [0.25, 0.3) is 0 Å². The molecule has 4 aliphatic rings. The fourth-order valence-electron chi connectivity index (χ4n) is 4.64. The summed E-state index contributed by atoms with van der Waals surface area (Å²) in [7, 11) is 0. The van der Waals surface area contributed by atoms with E-state index in [1.165, 1.54) is 32.3 Å². The molecule has 6 bridgehead atoms. The Morgan fingerprint density at radius 3 is 2.00 bits per heavy atom. The van der Waals surface area contributed by atoms with Crippen LogP contribution in [0.1, 0.15) is 45.2 Å². The summed E-state index contributed by atoms with van der Waals surface area (Å²) in [5.41, 5.74) is 7.55. The summed E-state index contributed by atoms with van der Waals surface area (Å²) in [6.07, 6.45) is 11.0. The van der Waals surface area contributed by atoms with Gasteiger partial charge in [-0.05, 0) is 24.3 Å². The van der Waals surface area contributed by atoms with Crippen LogP contribution < -0.4 is 29.6 Å². The molecule has 2 atom stereocenters. The number of benzene rings is 4. The standard InChI is InChI=1S/C15H8BrO.C15H10Br.2ClH.Zr/c16-13-7-8-14-12-6-5-11(15(12)13)9-1-3-10(17-14)4-2-9;16-14-8-4-7-12-9-10-13(15(12)14)11-5-2-1-3-6-11;;;/h1-4,6-8,11H;1-9,13H;2*1H;/q2*-1;;;+4/p-2. The first-order valence-electron chi connectivity index (χ1n) is 10.8. The smallest absolute Gasteiger partial charge is 1.00 e. The molecule has 0 aromatic heterocycles. The average molecular weight is 716 g/mol. The van der Waals surface area contributed by atoms with Gasteiger partial charge in [0, 0.05) is 8.95 Å². The van der Waals surface area contributed by atoms with Crippen molar-refractivity contribution in [2.75, 3.05) is 0 Å². The monoisotopic (exact) mass is 712 g/mol. The number of ether oxygens (including phenoxy) is 1. The minimum absolute atomic E-state index is 0. The summed E-state index contributed by atoms with van der Waals surface area (Å²) in [6.45, 7) is 0. The molecule has 0 N–H and O–H groups in total. The molecule has 2 heterocycles. The molecule has 4 aromatic carbocycles. The molecule has 0 fully saturated rings. The predicted molar refractivity (Wildman–Crippen MR) is 140 cm³/mol. The van der Waals surface area contributed by atoms with E-state index in [4.69, 9.17) is 4.74 Å². The molecule has 6 heteroatoms. The second-order valence-electron chi connectivity index (χ2n) is 8.19. The van der Waals surface area contributed by atoms with Gasteiger partial charge in [0.15, 0.2) is 0 Å². The number of hydrogen-bond donors (Lipinski definition) is 0. The molecule has 1 nitrogen and oxygen atoms in total. The van der Waals surface area contributed by atoms with E-state index in [1.807, 2.05) is 36.4 Å². The van der Waals surface area contributed by atoms with Crippen LogP contribution in [0.4, 0.5) is 0 Å². The van der Waals surface area contributed by atoms with Gasteiger partial charge in [0.2, 0.25) is 0 Å². The SMILES string of the molecule is Brc1ccc2c3c1C([C-]=C3)c1ccc(cc1)O2.Brc1cccc2c1C(c1ccccc1)[C-]=C2.[Cl-].[Cl-].[Zr+4]. The summed E-state index contributed by atoms with van der Waals surface area (Å²) < 4.78 is 8.19. The quantitative estimate of drug-likeness (QED) is 0.276. The van der Waals surface area contributed by atoms with E-state index in [0.717, 1.165) is 21.5 Å². The summed E-state index contributed by atoms with van der Waals surface area (Å²) in [4.78, 5) is 0. The maximum atomic E-state index is 5.90. The van der Waals surface area contributed by atoms with Crippen molar-refractivity contribution >= 4 is 44.0 Å². The van der Waals surface area contributed by atoms with Crippen molar-refractivity contribution in [1.82, 2.24) is 0 Å². The van der Waals surface area contributed by atoms with Crippen LogP contribution in [0.2, 0.25) is 0 Å². The molecule has 4 aromatic rings. The minimum atomic E-state index is 0. The van der Waals surface area contributed by atoms with Crippen LogP contribution in [0, 0.1) is 12.2 Å². The number of halogens is 4. The van der Waals surface area contributed by atoms with Crippen molar-refractivity contribution < 1.29 is 55.8 Å². The maximum Gasteiger partial charge on any atom is 4.00 e. The van der Waals surface area contributed by atoms with Crippen LogP contribution in [0.3, 0.4) is 0 Å². The Hall–Kier alpha value is -1.42. The fraction of sp³-hybridized carbons (Fsp3) is 0.0667. The van der Waals surface area contributed by atoms with Gasteiger partial charge in [0.05, 0.1) is 5.75 Å². The summed E-state index contributed by atoms with van der Waals surface area (Å²) >= 11 is 7.25. The van der Waals surface area contributed by atoms with Gasteiger partial charge in [-0.3, -0.25) is 12.2 Å². The molecule has 176 valence electrons. The first kappa shape index (κ1) is 29.1. The number of allylic oxidation sites excluding steroid dienone is 2. The zero-order valence-electron chi connectivity index (χ0n) is 18.8. The van der Waals surface area contributed by atoms with E-state index in [1.54, 1.807) is 0 Å². The molecule has 2 unspecified atom stereocenters. The van der Waals surface area contributed by atoms with Gasteiger partial charge < -0.3 is 29.6 Å². The molecular formula is C30H18Br2Cl2OZr. The predicted octanol–water partition coefficient (Wildman–Crippen LogP) is 2.93. The molecule has 0 amide bonds. The van der Waals surface area contributed by atoms with E-state index < -0.39 is 0 Å². The molecule has 0 spiro atoms. The van der Waals surface area contributed by atoms with E-state index in [9.17, 15) is 0 Å². The molecule has 2 aliphatic heterocycles. The topological polar surface area (TPSA) is 9.23 Å². The van der Waals surface area contributed by atoms with Crippen LogP contribution in [-0.4, -0.2) is 0 Å². The Bertz CT molecular complexity index is 1420. The second kappa shape index (κ2) is 12.4. The van der Waals surface area contributed by atoms with Crippen molar-refractivity contribution in [3.05, 3.63) is 139 Å². The third kappa shape index (κ3) is 5.40. The number of rotatable bonds is 1. The fourth-order valence-corrected chi connectivity index (χ4v) is 5.82. The van der Waals surface area contributed by atoms with Crippen LogP contribution in [0.25, 0.3) is 12.2 Å². The van der Waals surface area contributed by atoms with Gasteiger partial charge in [-0.1, -0.05) is 109 Å². The normalized spacial score (nSPS) is 16.5. The maximum absolute atomic E-state index is 5.90. The van der Waals surface area contributed by atoms with Crippen LogP contribution in [0.5, 0.6) is 11.5 Å². The van der Waals surface area contributed by atoms with E-state index in [2.05, 4.69) is 105 Å². The minimum Gasteiger partial charge on any atom is -1.00 e. The zero-order chi connectivity index (χ0) is 22.4. The first-order valence-corrected chi connectivity index (χ1v) is 12.4. The zero-order valence-corrected chi connectivity index (χ0v) is 26.0. The average Bonchev–Trinajstić information content (AvgIpc) is 3.50. The molecule has 0 radical (unpaired) electrons. The summed E-state index contributed by atoms with van der Waals surface area (Å²) in [5.74, 6) is 2.28. The van der Waals surface area contributed by atoms with Crippen molar-refractivity contribution in [2.24, 2.45) is 0 Å². The van der Waals surface area contributed by atoms with Crippen LogP contribution in [-0.2, 0) is 26.2 Å². The number of fused-ring (bicyclic) bond motifs is 3. The van der Waals surface area contributed by atoms with Crippen LogP contribution in [0.15, 0.2) is 93.9 Å². The molecule has 8 rings (SSSR count). The van der Waals surface area contributed by atoms with E-state index in [0.29, 0.717) is 0 Å². The van der Waals surface area contributed by atoms with Crippen molar-refractivity contribution in [3.63, 3.8) is 0 Å². The summed E-state index contributed by atoms with van der Waals surface area (Å²) in [5, 5.41) is 0. The van der Waals surface area contributed by atoms with Gasteiger partial charge in [0.1, 0.15) is 5.75 Å². The largest absolute Gasteiger partial charge is 4.00 e. The second-order valence-corrected chi connectivity index (χ2v) is 9.89. The van der Waals surface area contributed by atoms with Gasteiger partial charge in [-0.25, -0.2) is 12.2 Å². The Kier molecular flexibility index (Phi) is 10.1. The van der Waals surface area contributed by atoms with Crippen molar-refractivity contribution in [3.8, 4) is 11.5 Å². The third-order valence-corrected chi connectivity index (χ3v) is 7.61. The van der Waals surface area contributed by atoms with E-state index in [-0.39, 0.29) is 62.9 Å². The van der Waals surface area contributed by atoms with Gasteiger partial charge in [-0.2, -0.15) is 5.56 Å². The first-order chi connectivity index (χ1) is 16.2. The molecule has 2 aliphatic carbocycles. The van der Waals surface area contributed by atoms with Crippen molar-refractivity contribution in [1.29, 1.82) is 0 Å². The van der Waals surface area contributed by atoms with Gasteiger partial charge >= 0.3 is 26.2 Å². The molecule has 0 saturated carbocycles. The molecule has 0 saturated heterocycles. The van der Waals surface area contributed by atoms with E-state index >= 15 is 0 Å². The molecule has 36 heavy (non-hydrogen) atoms. The Labute approximate surface area is 260 Å². The van der Waals surface area contributed by atoms with Crippen molar-refractivity contribution in [2.45, 2.75) is 11.8 Å². The molecular weight excluding hydrogens is 698 g/mol. The Balaban J connectivity index is 0.000000185. The number of hydrogen-bond acceptors (Lipinski definition) is 1. The third-order valence-electron chi connectivity index (χ3n) is 6.23. The van der Waals surface area contributed by atoms with Gasteiger partial charge in [-0.15, -0.1) is 22.8 Å². The Morgan fingerprint density at radius 2 is 1.25 bits per heavy atom. The Morgan fingerprint density at radius 1 is 0.611 bits per heavy atom. The summed E-state index contributed by atoms with van der Waals surface area (Å²) in [6, 6.07) is 29.1. The van der Waals surface area contributed by atoms with Crippen LogP contribution >= 0.6 is 31.9 Å².